The minimum Gasteiger partial charge on any atom is -0.368 e. The molecule has 2 heterocycles. The number of fused-ring (bicyclic) bond motifs is 3. The van der Waals surface area contributed by atoms with E-state index in [1.165, 1.54) is 16.8 Å². The number of hydrogen-bond donors (Lipinski definition) is 0. The Balaban J connectivity index is 2.28. The van der Waals surface area contributed by atoms with Crippen LogP contribution in [0, 0.1) is 0 Å². The monoisotopic (exact) mass is 242 g/mol. The molecule has 0 fully saturated rings. The van der Waals surface area contributed by atoms with Crippen LogP contribution >= 0.6 is 0 Å². The number of hydrogen-bond acceptors (Lipinski definition) is 3. The summed E-state index contributed by atoms with van der Waals surface area (Å²) in [6.45, 7) is 5.30. The number of rotatable bonds is 1. The van der Waals surface area contributed by atoms with Gasteiger partial charge in [-0.2, -0.15) is 15.0 Å². The van der Waals surface area contributed by atoms with Crippen molar-refractivity contribution in [3.8, 4) is 11.3 Å². The summed E-state index contributed by atoms with van der Waals surface area (Å²) in [5, 5.41) is 8.95. The van der Waals surface area contributed by atoms with Gasteiger partial charge in [-0.05, 0) is 11.5 Å². The number of benzene rings is 1. The van der Waals surface area contributed by atoms with Crippen molar-refractivity contribution < 1.29 is 0 Å². The van der Waals surface area contributed by atoms with Crippen LogP contribution in [0.3, 0.4) is 0 Å². The average molecular weight is 242 g/mol. The SMILES string of the molecule is CC(C)c1cccc2c1N(C)Cc1nn(C)nc1-2. The summed E-state index contributed by atoms with van der Waals surface area (Å²) >= 11 is 0. The largest absolute Gasteiger partial charge is 0.368 e. The first-order valence-electron chi connectivity index (χ1n) is 6.32. The number of para-hydroxylation sites is 1. The van der Waals surface area contributed by atoms with Gasteiger partial charge in [-0.3, -0.25) is 0 Å². The lowest BCUT2D eigenvalue weighted by atomic mass is 9.93. The molecule has 4 heteroatoms. The topological polar surface area (TPSA) is 34.0 Å². The number of aryl methyl sites for hydroxylation is 1. The minimum absolute atomic E-state index is 0.514. The molecule has 0 bridgehead atoms. The van der Waals surface area contributed by atoms with Crippen molar-refractivity contribution >= 4 is 5.69 Å². The molecule has 2 aromatic rings. The first-order chi connectivity index (χ1) is 8.58. The highest BCUT2D eigenvalue weighted by molar-refractivity contribution is 5.82. The van der Waals surface area contributed by atoms with Crippen LogP contribution in [0.25, 0.3) is 11.3 Å². The molecule has 0 saturated heterocycles. The maximum atomic E-state index is 4.51. The molecule has 0 saturated carbocycles. The van der Waals surface area contributed by atoms with E-state index in [1.807, 2.05) is 7.05 Å². The zero-order valence-corrected chi connectivity index (χ0v) is 11.3. The fraction of sp³-hybridized carbons (Fsp3) is 0.429. The molecule has 3 rings (SSSR count). The molecule has 0 amide bonds. The van der Waals surface area contributed by atoms with E-state index in [9.17, 15) is 0 Å². The van der Waals surface area contributed by atoms with Crippen LogP contribution in [0.15, 0.2) is 18.2 Å². The van der Waals surface area contributed by atoms with Crippen molar-refractivity contribution in [3.63, 3.8) is 0 Å². The van der Waals surface area contributed by atoms with Gasteiger partial charge in [0.15, 0.2) is 0 Å². The van der Waals surface area contributed by atoms with Gasteiger partial charge in [0.1, 0.15) is 11.4 Å². The molecule has 0 spiro atoms. The Kier molecular flexibility index (Phi) is 2.40. The van der Waals surface area contributed by atoms with E-state index >= 15 is 0 Å². The predicted molar refractivity (Wildman–Crippen MR) is 72.6 cm³/mol. The summed E-state index contributed by atoms with van der Waals surface area (Å²) < 4.78 is 0. The van der Waals surface area contributed by atoms with Crippen LogP contribution in [-0.4, -0.2) is 22.0 Å². The third-order valence-electron chi connectivity index (χ3n) is 3.50. The number of nitrogens with zero attached hydrogens (tertiary/aromatic N) is 4. The van der Waals surface area contributed by atoms with Crippen molar-refractivity contribution in [2.75, 3.05) is 11.9 Å². The van der Waals surface area contributed by atoms with E-state index in [0.29, 0.717) is 5.92 Å². The van der Waals surface area contributed by atoms with Gasteiger partial charge in [0.2, 0.25) is 0 Å². The van der Waals surface area contributed by atoms with Crippen molar-refractivity contribution in [2.24, 2.45) is 7.05 Å². The van der Waals surface area contributed by atoms with Crippen molar-refractivity contribution in [1.82, 2.24) is 15.0 Å². The quantitative estimate of drug-likeness (QED) is 0.770. The van der Waals surface area contributed by atoms with Gasteiger partial charge in [-0.15, -0.1) is 0 Å². The number of aromatic nitrogens is 3. The van der Waals surface area contributed by atoms with E-state index in [4.69, 9.17) is 0 Å². The fourth-order valence-electron chi connectivity index (χ4n) is 2.71. The van der Waals surface area contributed by atoms with E-state index in [1.54, 1.807) is 4.80 Å². The van der Waals surface area contributed by atoms with Crippen LogP contribution < -0.4 is 4.90 Å². The highest BCUT2D eigenvalue weighted by atomic mass is 15.5. The summed E-state index contributed by atoms with van der Waals surface area (Å²) in [6, 6.07) is 6.47. The maximum Gasteiger partial charge on any atom is 0.120 e. The second-order valence-electron chi connectivity index (χ2n) is 5.24. The zero-order chi connectivity index (χ0) is 12.9. The van der Waals surface area contributed by atoms with E-state index in [2.05, 4.69) is 54.2 Å². The van der Waals surface area contributed by atoms with Crippen LogP contribution in [0.4, 0.5) is 5.69 Å². The van der Waals surface area contributed by atoms with Crippen LogP contribution in [0.5, 0.6) is 0 Å². The lowest BCUT2D eigenvalue weighted by molar-refractivity contribution is 0.645. The molecule has 0 unspecified atom stereocenters. The van der Waals surface area contributed by atoms with Gasteiger partial charge in [0.25, 0.3) is 0 Å². The summed E-state index contributed by atoms with van der Waals surface area (Å²) in [5.74, 6) is 0.514. The molecule has 1 aliphatic rings. The van der Waals surface area contributed by atoms with E-state index in [0.717, 1.165) is 17.9 Å². The lowest BCUT2D eigenvalue weighted by Crippen LogP contribution is -2.23. The minimum atomic E-state index is 0.514. The Labute approximate surface area is 107 Å². The Morgan fingerprint density at radius 2 is 1.94 bits per heavy atom. The summed E-state index contributed by atoms with van der Waals surface area (Å²) in [5.41, 5.74) is 5.99. The van der Waals surface area contributed by atoms with Gasteiger partial charge in [-0.25, -0.2) is 0 Å². The Morgan fingerprint density at radius 1 is 1.17 bits per heavy atom. The van der Waals surface area contributed by atoms with Crippen molar-refractivity contribution in [3.05, 3.63) is 29.5 Å². The lowest BCUT2D eigenvalue weighted by Gasteiger charge is -2.29. The van der Waals surface area contributed by atoms with Gasteiger partial charge in [0.05, 0.1) is 6.54 Å². The van der Waals surface area contributed by atoms with E-state index < -0.39 is 0 Å². The van der Waals surface area contributed by atoms with Crippen molar-refractivity contribution in [1.29, 1.82) is 0 Å². The van der Waals surface area contributed by atoms with Crippen LogP contribution in [0.2, 0.25) is 0 Å². The molecular formula is C14H18N4. The Bertz CT molecular complexity index is 598. The first-order valence-corrected chi connectivity index (χ1v) is 6.32. The van der Waals surface area contributed by atoms with Gasteiger partial charge in [0, 0.05) is 25.3 Å². The number of anilines is 1. The van der Waals surface area contributed by atoms with E-state index in [-0.39, 0.29) is 0 Å². The third-order valence-corrected chi connectivity index (χ3v) is 3.50. The fourth-order valence-corrected chi connectivity index (χ4v) is 2.71. The predicted octanol–water partition coefficient (Wildman–Crippen LogP) is 2.56. The summed E-state index contributed by atoms with van der Waals surface area (Å²) in [6.07, 6.45) is 0. The molecule has 0 radical (unpaired) electrons. The summed E-state index contributed by atoms with van der Waals surface area (Å²) in [4.78, 5) is 3.94. The molecule has 0 N–H and O–H groups in total. The second kappa shape index (κ2) is 3.83. The van der Waals surface area contributed by atoms with Crippen LogP contribution in [-0.2, 0) is 13.6 Å². The zero-order valence-electron chi connectivity index (χ0n) is 11.3. The standard InChI is InChI=1S/C14H18N4/c1-9(2)10-6-5-7-11-13-12(15-18(4)16-13)8-17(3)14(10)11/h5-7,9H,8H2,1-4H3. The molecular weight excluding hydrogens is 224 g/mol. The van der Waals surface area contributed by atoms with Gasteiger partial charge < -0.3 is 4.90 Å². The Hall–Kier alpha value is -1.84. The second-order valence-corrected chi connectivity index (χ2v) is 5.24. The Morgan fingerprint density at radius 3 is 2.67 bits per heavy atom. The van der Waals surface area contributed by atoms with Crippen LogP contribution in [0.1, 0.15) is 31.0 Å². The maximum absolute atomic E-state index is 4.51. The van der Waals surface area contributed by atoms with Gasteiger partial charge in [-0.1, -0.05) is 32.0 Å². The molecule has 1 aromatic heterocycles. The molecule has 1 aromatic carbocycles. The highest BCUT2D eigenvalue weighted by Gasteiger charge is 2.26. The molecule has 18 heavy (non-hydrogen) atoms. The first kappa shape index (κ1) is 11.3. The van der Waals surface area contributed by atoms with Gasteiger partial charge >= 0.3 is 0 Å². The molecule has 4 nitrogen and oxygen atoms in total. The molecule has 0 aliphatic carbocycles. The molecule has 94 valence electrons. The normalized spacial score (nSPS) is 13.7. The van der Waals surface area contributed by atoms with Crippen molar-refractivity contribution in [2.45, 2.75) is 26.3 Å². The smallest absolute Gasteiger partial charge is 0.120 e. The molecule has 1 aliphatic heterocycles. The average Bonchev–Trinajstić information content (AvgIpc) is 2.69. The summed E-state index contributed by atoms with van der Waals surface area (Å²) in [7, 11) is 4.01. The highest BCUT2D eigenvalue weighted by Crippen LogP contribution is 2.41. The third kappa shape index (κ3) is 1.52. The molecule has 0 atom stereocenters.